The minimum Gasteiger partial charge on any atom is -0.507 e. The highest BCUT2D eigenvalue weighted by Crippen LogP contribution is 2.47. The van der Waals surface area contributed by atoms with Gasteiger partial charge in [-0.15, -0.1) is 0 Å². The van der Waals surface area contributed by atoms with Crippen LogP contribution in [0.5, 0.6) is 17.2 Å². The monoisotopic (exact) mass is 532 g/mol. The zero-order chi connectivity index (χ0) is 26.8. The molecule has 38 heavy (non-hydrogen) atoms. The van der Waals surface area contributed by atoms with Gasteiger partial charge >= 0.3 is 0 Å². The lowest BCUT2D eigenvalue weighted by molar-refractivity contribution is 0.0729. The summed E-state index contributed by atoms with van der Waals surface area (Å²) in [5, 5.41) is 18.7. The SMILES string of the molecule is CCCCOc1ccc(C2c3c(-c4cc(Cl)c(C)cc4O)n[nH]c3C(=O)N2Cc2cccnc2)cc1OC. The summed E-state index contributed by atoms with van der Waals surface area (Å²) in [5.74, 6) is 1.05. The van der Waals surface area contributed by atoms with E-state index in [4.69, 9.17) is 21.1 Å². The third-order valence-electron chi connectivity index (χ3n) is 6.73. The molecular formula is C29H29ClN4O4. The lowest BCUT2D eigenvalue weighted by Gasteiger charge is -2.27. The fourth-order valence-electron chi connectivity index (χ4n) is 4.76. The van der Waals surface area contributed by atoms with Crippen molar-refractivity contribution in [2.45, 2.75) is 39.3 Å². The Morgan fingerprint density at radius 3 is 2.76 bits per heavy atom. The lowest BCUT2D eigenvalue weighted by atomic mass is 9.95. The van der Waals surface area contributed by atoms with Gasteiger partial charge in [-0.05, 0) is 60.4 Å². The number of carbonyl (C=O) groups is 1. The molecule has 8 nitrogen and oxygen atoms in total. The third kappa shape index (κ3) is 4.67. The largest absolute Gasteiger partial charge is 0.507 e. The topological polar surface area (TPSA) is 101 Å². The van der Waals surface area contributed by atoms with Gasteiger partial charge < -0.3 is 19.5 Å². The summed E-state index contributed by atoms with van der Waals surface area (Å²) in [4.78, 5) is 19.7. The normalized spacial score (nSPS) is 14.6. The number of pyridine rings is 1. The zero-order valence-electron chi connectivity index (χ0n) is 21.5. The van der Waals surface area contributed by atoms with E-state index < -0.39 is 6.04 Å². The van der Waals surface area contributed by atoms with Crippen molar-refractivity contribution in [2.24, 2.45) is 0 Å². The molecule has 0 saturated carbocycles. The summed E-state index contributed by atoms with van der Waals surface area (Å²) < 4.78 is 11.6. The van der Waals surface area contributed by atoms with Gasteiger partial charge in [0.1, 0.15) is 17.1 Å². The van der Waals surface area contributed by atoms with Crippen LogP contribution in [0, 0.1) is 6.92 Å². The summed E-state index contributed by atoms with van der Waals surface area (Å²) in [7, 11) is 1.60. The molecule has 196 valence electrons. The van der Waals surface area contributed by atoms with Crippen LogP contribution in [-0.4, -0.2) is 44.8 Å². The molecule has 1 unspecified atom stereocenters. The molecule has 1 aliphatic rings. The van der Waals surface area contributed by atoms with Crippen LogP contribution in [0.4, 0.5) is 0 Å². The van der Waals surface area contributed by atoms with E-state index in [1.807, 2.05) is 37.3 Å². The number of halogens is 1. The highest BCUT2D eigenvalue weighted by atomic mass is 35.5. The number of aromatic hydroxyl groups is 1. The Morgan fingerprint density at radius 2 is 2.03 bits per heavy atom. The first kappa shape index (κ1) is 25.6. The van der Waals surface area contributed by atoms with Gasteiger partial charge in [-0.3, -0.25) is 14.9 Å². The van der Waals surface area contributed by atoms with Crippen molar-refractivity contribution < 1.29 is 19.4 Å². The zero-order valence-corrected chi connectivity index (χ0v) is 22.2. The van der Waals surface area contributed by atoms with Gasteiger partial charge in [0.25, 0.3) is 5.91 Å². The van der Waals surface area contributed by atoms with Gasteiger partial charge in [0, 0.05) is 35.1 Å². The number of unbranched alkanes of at least 4 members (excludes halogenated alkanes) is 1. The number of hydrogen-bond acceptors (Lipinski definition) is 6. The molecule has 5 rings (SSSR count). The average molecular weight is 533 g/mol. The maximum absolute atomic E-state index is 13.7. The number of rotatable bonds is 9. The predicted octanol–water partition coefficient (Wildman–Crippen LogP) is 6.07. The molecule has 1 aliphatic heterocycles. The van der Waals surface area contributed by atoms with Crippen LogP contribution in [0.25, 0.3) is 11.3 Å². The fraction of sp³-hybridized carbons (Fsp3) is 0.276. The quantitative estimate of drug-likeness (QED) is 0.254. The van der Waals surface area contributed by atoms with E-state index in [9.17, 15) is 9.90 Å². The van der Waals surface area contributed by atoms with E-state index in [1.54, 1.807) is 36.5 Å². The van der Waals surface area contributed by atoms with Crippen LogP contribution in [0.2, 0.25) is 5.02 Å². The number of nitrogens with one attached hydrogen (secondary N) is 1. The Kier molecular flexibility index (Phi) is 7.24. The van der Waals surface area contributed by atoms with E-state index in [2.05, 4.69) is 22.1 Å². The first-order valence-corrected chi connectivity index (χ1v) is 12.9. The van der Waals surface area contributed by atoms with E-state index in [0.717, 1.165) is 29.5 Å². The molecule has 0 fully saturated rings. The van der Waals surface area contributed by atoms with Gasteiger partial charge in [0.05, 0.1) is 19.8 Å². The van der Waals surface area contributed by atoms with Gasteiger partial charge in [0.2, 0.25) is 0 Å². The number of benzene rings is 2. The van der Waals surface area contributed by atoms with Crippen molar-refractivity contribution in [3.05, 3.63) is 87.8 Å². The molecule has 0 bridgehead atoms. The number of ether oxygens (including phenoxy) is 2. The molecule has 0 spiro atoms. The van der Waals surface area contributed by atoms with Crippen molar-refractivity contribution in [1.29, 1.82) is 0 Å². The molecule has 9 heteroatoms. The number of methoxy groups -OCH3 is 1. The van der Waals surface area contributed by atoms with Crippen LogP contribution in [0.3, 0.4) is 0 Å². The van der Waals surface area contributed by atoms with E-state index in [-0.39, 0.29) is 11.7 Å². The maximum atomic E-state index is 13.7. The Balaban J connectivity index is 1.64. The van der Waals surface area contributed by atoms with E-state index >= 15 is 0 Å². The Morgan fingerprint density at radius 1 is 1.18 bits per heavy atom. The number of fused-ring (bicyclic) bond motifs is 1. The number of aryl methyl sites for hydroxylation is 1. The van der Waals surface area contributed by atoms with Crippen molar-refractivity contribution >= 4 is 17.5 Å². The van der Waals surface area contributed by atoms with Crippen molar-refractivity contribution in [1.82, 2.24) is 20.1 Å². The number of amides is 1. The molecule has 0 aliphatic carbocycles. The highest BCUT2D eigenvalue weighted by Gasteiger charge is 2.43. The molecule has 0 saturated heterocycles. The second kappa shape index (κ2) is 10.8. The van der Waals surface area contributed by atoms with Crippen molar-refractivity contribution in [3.63, 3.8) is 0 Å². The number of phenols is 1. The van der Waals surface area contributed by atoms with Crippen LogP contribution in [-0.2, 0) is 6.54 Å². The molecule has 4 aromatic rings. The first-order chi connectivity index (χ1) is 18.4. The number of aromatic nitrogens is 3. The fourth-order valence-corrected chi connectivity index (χ4v) is 4.92. The second-order valence-electron chi connectivity index (χ2n) is 9.29. The van der Waals surface area contributed by atoms with Gasteiger partial charge in [0.15, 0.2) is 11.5 Å². The minimum absolute atomic E-state index is 0.0374. The Labute approximate surface area is 226 Å². The number of aromatic amines is 1. The molecule has 0 radical (unpaired) electrons. The number of nitrogens with zero attached hydrogens (tertiary/aromatic N) is 3. The highest BCUT2D eigenvalue weighted by molar-refractivity contribution is 6.31. The van der Waals surface area contributed by atoms with Gasteiger partial charge in [-0.1, -0.05) is 37.1 Å². The number of hydrogen-bond donors (Lipinski definition) is 2. The molecule has 1 atom stereocenters. The van der Waals surface area contributed by atoms with Crippen LogP contribution < -0.4 is 9.47 Å². The molecule has 2 aromatic heterocycles. The number of phenolic OH excluding ortho intramolecular Hbond substituents is 1. The van der Waals surface area contributed by atoms with Crippen molar-refractivity contribution in [3.8, 4) is 28.5 Å². The molecule has 1 amide bonds. The first-order valence-electron chi connectivity index (χ1n) is 12.5. The van der Waals surface area contributed by atoms with E-state index in [0.29, 0.717) is 52.2 Å². The summed E-state index contributed by atoms with van der Waals surface area (Å²) in [5.41, 5.74) is 4.40. The summed E-state index contributed by atoms with van der Waals surface area (Å²) in [6, 6.07) is 12.2. The van der Waals surface area contributed by atoms with Gasteiger partial charge in [-0.25, -0.2) is 0 Å². The summed E-state index contributed by atoms with van der Waals surface area (Å²) in [6.45, 7) is 4.84. The van der Waals surface area contributed by atoms with Crippen LogP contribution in [0.1, 0.15) is 58.5 Å². The van der Waals surface area contributed by atoms with Crippen LogP contribution >= 0.6 is 11.6 Å². The molecular weight excluding hydrogens is 504 g/mol. The van der Waals surface area contributed by atoms with Crippen molar-refractivity contribution in [2.75, 3.05) is 13.7 Å². The maximum Gasteiger partial charge on any atom is 0.273 e. The second-order valence-corrected chi connectivity index (χ2v) is 9.70. The Hall–Kier alpha value is -4.04. The summed E-state index contributed by atoms with van der Waals surface area (Å²) in [6.07, 6.45) is 5.40. The van der Waals surface area contributed by atoms with E-state index in [1.165, 1.54) is 0 Å². The van der Waals surface area contributed by atoms with Crippen LogP contribution in [0.15, 0.2) is 54.9 Å². The molecule has 2 aromatic carbocycles. The molecule has 3 heterocycles. The summed E-state index contributed by atoms with van der Waals surface area (Å²) >= 11 is 6.42. The average Bonchev–Trinajstić information content (AvgIpc) is 3.46. The Bertz CT molecular complexity index is 1470. The smallest absolute Gasteiger partial charge is 0.273 e. The number of H-pyrrole nitrogens is 1. The minimum atomic E-state index is -0.510. The lowest BCUT2D eigenvalue weighted by Crippen LogP contribution is -2.29. The molecule has 2 N–H and O–H groups in total. The van der Waals surface area contributed by atoms with Gasteiger partial charge in [-0.2, -0.15) is 5.10 Å². The predicted molar refractivity (Wildman–Crippen MR) is 145 cm³/mol. The standard InChI is InChI=1S/C29H29ClN4O4/c1-4-5-11-38-23-9-8-19(13-24(23)37-3)28-25-26(20-14-21(30)17(2)12-22(20)35)32-33-27(25)29(36)34(28)16-18-7-6-10-31-15-18/h6-10,12-15,28,35H,4-5,11,16H2,1-3H3,(H,32,33). The number of carbonyl (C=O) groups excluding carboxylic acids is 1. The third-order valence-corrected chi connectivity index (χ3v) is 7.14.